The predicted octanol–water partition coefficient (Wildman–Crippen LogP) is 3.62. The number of rotatable bonds is 3. The highest BCUT2D eigenvalue weighted by molar-refractivity contribution is 6.74. The molecule has 0 aromatic carbocycles. The molecule has 98 valence electrons. The van der Waals surface area contributed by atoms with Crippen molar-refractivity contribution in [2.24, 2.45) is 5.92 Å². The Labute approximate surface area is 107 Å². The first-order valence-corrected chi connectivity index (χ1v) is 9.81. The molecule has 0 aliphatic carbocycles. The van der Waals surface area contributed by atoms with Gasteiger partial charge in [-0.3, -0.25) is 0 Å². The highest BCUT2D eigenvalue weighted by atomic mass is 28.4. The van der Waals surface area contributed by atoms with Gasteiger partial charge in [-0.2, -0.15) is 0 Å². The summed E-state index contributed by atoms with van der Waals surface area (Å²) >= 11 is 0. The molecule has 3 heteroatoms. The first kappa shape index (κ1) is 13.2. The van der Waals surface area contributed by atoms with E-state index in [4.69, 9.17) is 4.43 Å². The molecule has 2 nitrogen and oxygen atoms in total. The Morgan fingerprint density at radius 1 is 1.35 bits per heavy atom. The van der Waals surface area contributed by atoms with Gasteiger partial charge in [-0.05, 0) is 31.0 Å². The fraction of sp³-hybridized carbons (Fsp3) is 0.857. The zero-order valence-corrected chi connectivity index (χ0v) is 13.0. The summed E-state index contributed by atoms with van der Waals surface area (Å²) in [5, 5.41) is 0.329. The van der Waals surface area contributed by atoms with Crippen LogP contribution in [0, 0.1) is 5.92 Å². The summed E-state index contributed by atoms with van der Waals surface area (Å²) in [7, 11) is -1.56. The Balaban J connectivity index is 1.91. The fourth-order valence-electron chi connectivity index (χ4n) is 2.45. The Morgan fingerprint density at radius 2 is 2.06 bits per heavy atom. The lowest BCUT2D eigenvalue weighted by atomic mass is 10.1. The maximum atomic E-state index is 6.36. The van der Waals surface area contributed by atoms with E-state index in [0.29, 0.717) is 11.0 Å². The van der Waals surface area contributed by atoms with Gasteiger partial charge in [0.2, 0.25) is 0 Å². The van der Waals surface area contributed by atoms with Crippen molar-refractivity contribution in [3.63, 3.8) is 0 Å². The van der Waals surface area contributed by atoms with E-state index >= 15 is 0 Å². The molecular formula is C14H27NOSi. The van der Waals surface area contributed by atoms with E-state index in [0.717, 1.165) is 6.61 Å². The molecule has 17 heavy (non-hydrogen) atoms. The van der Waals surface area contributed by atoms with Gasteiger partial charge in [0.15, 0.2) is 8.32 Å². The molecule has 1 saturated heterocycles. The smallest absolute Gasteiger partial charge is 0.192 e. The third-order valence-electron chi connectivity index (χ3n) is 4.73. The molecule has 2 aliphatic heterocycles. The van der Waals surface area contributed by atoms with E-state index in [1.165, 1.54) is 25.9 Å². The highest BCUT2D eigenvalue weighted by Crippen LogP contribution is 2.39. The third-order valence-corrected chi connectivity index (χ3v) is 9.24. The largest absolute Gasteiger partial charge is 0.416 e. The average molecular weight is 253 g/mol. The van der Waals surface area contributed by atoms with Crippen molar-refractivity contribution in [2.75, 3.05) is 19.7 Å². The molecule has 0 aromatic heterocycles. The van der Waals surface area contributed by atoms with Crippen molar-refractivity contribution in [3.8, 4) is 0 Å². The van der Waals surface area contributed by atoms with Crippen LogP contribution in [0.2, 0.25) is 18.1 Å². The quantitative estimate of drug-likeness (QED) is 0.712. The van der Waals surface area contributed by atoms with Crippen LogP contribution in [0.25, 0.3) is 0 Å². The summed E-state index contributed by atoms with van der Waals surface area (Å²) in [6.07, 6.45) is 4.96. The average Bonchev–Trinajstić information content (AvgIpc) is 2.74. The monoisotopic (exact) mass is 253 g/mol. The second-order valence-electron chi connectivity index (χ2n) is 6.96. The van der Waals surface area contributed by atoms with Gasteiger partial charge in [0.1, 0.15) is 0 Å². The van der Waals surface area contributed by atoms with E-state index in [1.54, 1.807) is 5.70 Å². The number of hydrogen-bond acceptors (Lipinski definition) is 2. The fourth-order valence-corrected chi connectivity index (χ4v) is 3.50. The SMILES string of the molecule is CC(C)(C)[Si](C)(C)OCC1CCN2CCC=C12. The number of nitrogens with zero attached hydrogens (tertiary/aromatic N) is 1. The molecule has 1 unspecified atom stereocenters. The van der Waals surface area contributed by atoms with Crippen LogP contribution < -0.4 is 0 Å². The molecule has 2 aliphatic rings. The maximum absolute atomic E-state index is 6.36. The Bertz CT molecular complexity index is 317. The van der Waals surface area contributed by atoms with Crippen LogP contribution in [-0.4, -0.2) is 32.9 Å². The molecular weight excluding hydrogens is 226 g/mol. The Morgan fingerprint density at radius 3 is 2.71 bits per heavy atom. The Kier molecular flexibility index (Phi) is 3.43. The van der Waals surface area contributed by atoms with Crippen LogP contribution in [0.1, 0.15) is 33.6 Å². The molecule has 0 aromatic rings. The van der Waals surface area contributed by atoms with Crippen molar-refractivity contribution in [1.29, 1.82) is 0 Å². The minimum absolute atomic E-state index is 0.329. The van der Waals surface area contributed by atoms with Crippen LogP contribution in [0.5, 0.6) is 0 Å². The zero-order chi connectivity index (χ0) is 12.7. The van der Waals surface area contributed by atoms with Gasteiger partial charge in [0.05, 0.1) is 0 Å². The van der Waals surface area contributed by atoms with Crippen LogP contribution in [0.4, 0.5) is 0 Å². The second-order valence-corrected chi connectivity index (χ2v) is 11.8. The molecule has 0 N–H and O–H groups in total. The van der Waals surface area contributed by atoms with Crippen molar-refractivity contribution < 1.29 is 4.43 Å². The summed E-state index contributed by atoms with van der Waals surface area (Å²) in [4.78, 5) is 2.54. The number of hydrogen-bond donors (Lipinski definition) is 0. The normalized spacial score (nSPS) is 25.1. The van der Waals surface area contributed by atoms with Gasteiger partial charge in [0.25, 0.3) is 0 Å². The third kappa shape index (κ3) is 2.60. The number of fused-ring (bicyclic) bond motifs is 1. The zero-order valence-electron chi connectivity index (χ0n) is 12.0. The molecule has 0 spiro atoms. The van der Waals surface area contributed by atoms with Gasteiger partial charge in [-0.25, -0.2) is 0 Å². The van der Waals surface area contributed by atoms with Crippen molar-refractivity contribution >= 4 is 8.32 Å². The predicted molar refractivity (Wildman–Crippen MR) is 75.5 cm³/mol. The molecule has 1 atom stereocenters. The van der Waals surface area contributed by atoms with E-state index in [1.807, 2.05) is 0 Å². The second kappa shape index (κ2) is 4.43. The summed E-state index contributed by atoms with van der Waals surface area (Å²) in [5.74, 6) is 0.673. The van der Waals surface area contributed by atoms with Crippen molar-refractivity contribution in [1.82, 2.24) is 4.90 Å². The molecule has 1 fully saturated rings. The summed E-state index contributed by atoms with van der Waals surface area (Å²) in [6, 6.07) is 0. The topological polar surface area (TPSA) is 12.5 Å². The lowest BCUT2D eigenvalue weighted by molar-refractivity contribution is 0.247. The lowest BCUT2D eigenvalue weighted by Gasteiger charge is -2.37. The van der Waals surface area contributed by atoms with E-state index < -0.39 is 8.32 Å². The molecule has 0 saturated carbocycles. The van der Waals surface area contributed by atoms with Gasteiger partial charge in [-0.15, -0.1) is 0 Å². The van der Waals surface area contributed by atoms with Crippen molar-refractivity contribution in [2.45, 2.75) is 51.7 Å². The van der Waals surface area contributed by atoms with Gasteiger partial charge in [0, 0.05) is 31.3 Å². The summed E-state index contributed by atoms with van der Waals surface area (Å²) in [6.45, 7) is 15.1. The Hall–Kier alpha value is -0.283. The van der Waals surface area contributed by atoms with E-state index in [9.17, 15) is 0 Å². The summed E-state index contributed by atoms with van der Waals surface area (Å²) in [5.41, 5.74) is 1.57. The van der Waals surface area contributed by atoms with Crippen molar-refractivity contribution in [3.05, 3.63) is 11.8 Å². The molecule has 2 heterocycles. The lowest BCUT2D eigenvalue weighted by Crippen LogP contribution is -2.42. The maximum Gasteiger partial charge on any atom is 0.192 e. The van der Waals surface area contributed by atoms with E-state index in [2.05, 4.69) is 44.8 Å². The molecule has 2 rings (SSSR count). The minimum atomic E-state index is -1.56. The van der Waals surface area contributed by atoms with Gasteiger partial charge >= 0.3 is 0 Å². The molecule has 0 amide bonds. The van der Waals surface area contributed by atoms with Crippen LogP contribution in [0.3, 0.4) is 0 Å². The minimum Gasteiger partial charge on any atom is -0.416 e. The first-order chi connectivity index (χ1) is 7.81. The van der Waals surface area contributed by atoms with Crippen LogP contribution in [0.15, 0.2) is 11.8 Å². The van der Waals surface area contributed by atoms with Crippen LogP contribution in [-0.2, 0) is 4.43 Å². The van der Waals surface area contributed by atoms with Crippen LogP contribution >= 0.6 is 0 Å². The van der Waals surface area contributed by atoms with Gasteiger partial charge < -0.3 is 9.33 Å². The highest BCUT2D eigenvalue weighted by Gasteiger charge is 2.39. The molecule has 0 bridgehead atoms. The first-order valence-electron chi connectivity index (χ1n) is 6.90. The molecule has 0 radical (unpaired) electrons. The van der Waals surface area contributed by atoms with E-state index in [-0.39, 0.29) is 0 Å². The standard InChI is InChI=1S/C14H27NOSi/c1-14(2,3)17(4,5)16-11-12-8-10-15-9-6-7-13(12)15/h7,12H,6,8-11H2,1-5H3. The summed E-state index contributed by atoms with van der Waals surface area (Å²) < 4.78 is 6.36. The van der Waals surface area contributed by atoms with Gasteiger partial charge in [-0.1, -0.05) is 26.8 Å².